The highest BCUT2D eigenvalue weighted by atomic mass is 19.1. The Morgan fingerprint density at radius 1 is 1.53 bits per heavy atom. The van der Waals surface area contributed by atoms with E-state index < -0.39 is 5.82 Å². The molecule has 3 N–H and O–H groups in total. The van der Waals surface area contributed by atoms with Gasteiger partial charge in [0.25, 0.3) is 0 Å². The van der Waals surface area contributed by atoms with Gasteiger partial charge in [-0.2, -0.15) is 0 Å². The van der Waals surface area contributed by atoms with Crippen LogP contribution in [0.1, 0.15) is 25.3 Å². The van der Waals surface area contributed by atoms with Crippen LogP contribution in [0.15, 0.2) is 18.2 Å². The van der Waals surface area contributed by atoms with Crippen LogP contribution in [0.2, 0.25) is 0 Å². The lowest BCUT2D eigenvalue weighted by Crippen LogP contribution is -2.33. The Morgan fingerprint density at radius 3 is 2.71 bits per heavy atom. The Kier molecular flexibility index (Phi) is 3.05. The fraction of sp³-hybridized carbons (Fsp3) is 0.462. The first-order valence-electron chi connectivity index (χ1n) is 5.88. The number of nitrogen functional groups attached to an aromatic ring is 1. The summed E-state index contributed by atoms with van der Waals surface area (Å²) >= 11 is 0. The number of anilines is 1. The van der Waals surface area contributed by atoms with Crippen molar-refractivity contribution in [1.82, 2.24) is 0 Å². The Morgan fingerprint density at radius 2 is 2.18 bits per heavy atom. The number of hydrogen-bond acceptors (Lipinski definition) is 2. The molecule has 0 aromatic heterocycles. The summed E-state index contributed by atoms with van der Waals surface area (Å²) in [5.74, 6) is 0.0425. The Hall–Kier alpha value is -1.58. The van der Waals surface area contributed by atoms with Crippen molar-refractivity contribution in [2.24, 2.45) is 11.7 Å². The molecule has 1 aliphatic rings. The van der Waals surface area contributed by atoms with Gasteiger partial charge in [0.05, 0.1) is 11.3 Å². The molecule has 0 bridgehead atoms. The van der Waals surface area contributed by atoms with Gasteiger partial charge in [-0.3, -0.25) is 5.41 Å². The first-order valence-corrected chi connectivity index (χ1v) is 5.88. The maximum absolute atomic E-state index is 13.7. The molecule has 0 spiro atoms. The highest BCUT2D eigenvalue weighted by Crippen LogP contribution is 2.37. The molecule has 92 valence electrons. The van der Waals surface area contributed by atoms with Gasteiger partial charge >= 0.3 is 0 Å². The van der Waals surface area contributed by atoms with E-state index in [0.717, 1.165) is 0 Å². The highest BCUT2D eigenvalue weighted by Gasteiger charge is 2.31. The van der Waals surface area contributed by atoms with Crippen molar-refractivity contribution in [3.05, 3.63) is 29.6 Å². The van der Waals surface area contributed by atoms with Gasteiger partial charge in [0.1, 0.15) is 11.7 Å². The maximum atomic E-state index is 13.7. The van der Waals surface area contributed by atoms with Crippen molar-refractivity contribution in [2.45, 2.75) is 25.8 Å². The van der Waals surface area contributed by atoms with E-state index in [1.54, 1.807) is 6.07 Å². The summed E-state index contributed by atoms with van der Waals surface area (Å²) < 4.78 is 13.7. The fourth-order valence-electron chi connectivity index (χ4n) is 2.19. The Labute approximate surface area is 101 Å². The van der Waals surface area contributed by atoms with Gasteiger partial charge in [-0.25, -0.2) is 4.39 Å². The van der Waals surface area contributed by atoms with E-state index in [-0.39, 0.29) is 11.4 Å². The van der Waals surface area contributed by atoms with E-state index in [9.17, 15) is 4.39 Å². The number of nitrogens with two attached hydrogens (primary N) is 1. The number of nitrogens with zero attached hydrogens (tertiary/aromatic N) is 1. The normalized spacial score (nSPS) is 16.6. The van der Waals surface area contributed by atoms with Gasteiger partial charge in [0.2, 0.25) is 0 Å². The minimum absolute atomic E-state index is 0.211. The second-order valence-corrected chi connectivity index (χ2v) is 4.74. The zero-order valence-corrected chi connectivity index (χ0v) is 10.2. The first-order chi connectivity index (χ1) is 8.02. The highest BCUT2D eigenvalue weighted by molar-refractivity contribution is 6.00. The predicted molar refractivity (Wildman–Crippen MR) is 68.0 cm³/mol. The molecule has 2 rings (SSSR count). The summed E-state index contributed by atoms with van der Waals surface area (Å²) in [5.41, 5.74) is 6.38. The summed E-state index contributed by atoms with van der Waals surface area (Å²) in [6.45, 7) is 2.13. The van der Waals surface area contributed by atoms with E-state index >= 15 is 0 Å². The van der Waals surface area contributed by atoms with Crippen LogP contribution < -0.4 is 10.6 Å². The second-order valence-electron chi connectivity index (χ2n) is 4.74. The summed E-state index contributed by atoms with van der Waals surface area (Å²) in [5, 5.41) is 7.49. The smallest absolute Gasteiger partial charge is 0.136 e. The second kappa shape index (κ2) is 4.35. The molecular weight excluding hydrogens is 217 g/mol. The van der Waals surface area contributed by atoms with Crippen molar-refractivity contribution in [2.75, 3.05) is 11.9 Å². The van der Waals surface area contributed by atoms with E-state index in [4.69, 9.17) is 11.1 Å². The number of hydrogen-bond donors (Lipinski definition) is 2. The molecule has 4 heteroatoms. The largest absolute Gasteiger partial charge is 0.384 e. The average Bonchev–Trinajstić information content (AvgIpc) is 3.10. The third-order valence-electron chi connectivity index (χ3n) is 3.56. The van der Waals surface area contributed by atoms with Crippen molar-refractivity contribution in [1.29, 1.82) is 5.41 Å². The van der Waals surface area contributed by atoms with Crippen LogP contribution >= 0.6 is 0 Å². The van der Waals surface area contributed by atoms with Gasteiger partial charge in [-0.1, -0.05) is 6.07 Å². The summed E-state index contributed by atoms with van der Waals surface area (Å²) in [6.07, 6.45) is 2.46. The predicted octanol–water partition coefficient (Wildman–Crippen LogP) is 2.34. The van der Waals surface area contributed by atoms with E-state index in [1.165, 1.54) is 18.9 Å². The van der Waals surface area contributed by atoms with Gasteiger partial charge in [-0.05, 0) is 37.8 Å². The van der Waals surface area contributed by atoms with Crippen LogP contribution in [0.5, 0.6) is 0 Å². The molecule has 3 nitrogen and oxygen atoms in total. The minimum Gasteiger partial charge on any atom is -0.384 e. The van der Waals surface area contributed by atoms with Gasteiger partial charge in [-0.15, -0.1) is 0 Å². The van der Waals surface area contributed by atoms with Crippen LogP contribution in [0.3, 0.4) is 0 Å². The first kappa shape index (κ1) is 11.9. The van der Waals surface area contributed by atoms with Crippen molar-refractivity contribution < 1.29 is 4.39 Å². The summed E-state index contributed by atoms with van der Waals surface area (Å²) in [4.78, 5) is 2.03. The molecule has 17 heavy (non-hydrogen) atoms. The monoisotopic (exact) mass is 235 g/mol. The van der Waals surface area contributed by atoms with Crippen LogP contribution in [-0.4, -0.2) is 18.9 Å². The van der Waals surface area contributed by atoms with Crippen LogP contribution in [-0.2, 0) is 0 Å². The molecule has 0 radical (unpaired) electrons. The molecule has 1 aromatic carbocycles. The number of rotatable bonds is 4. The van der Waals surface area contributed by atoms with Crippen LogP contribution in [0.4, 0.5) is 10.1 Å². The third-order valence-corrected chi connectivity index (χ3v) is 3.56. The maximum Gasteiger partial charge on any atom is 0.136 e. The molecule has 1 fully saturated rings. The quantitative estimate of drug-likeness (QED) is 0.621. The van der Waals surface area contributed by atoms with E-state index in [0.29, 0.717) is 17.6 Å². The SMILES string of the molecule is CC(C1CC1)N(C)c1cccc(F)c1C(=N)N. The molecule has 1 aromatic rings. The summed E-state index contributed by atoms with van der Waals surface area (Å²) in [7, 11) is 1.93. The van der Waals surface area contributed by atoms with Gasteiger partial charge < -0.3 is 10.6 Å². The molecule has 1 unspecified atom stereocenters. The summed E-state index contributed by atoms with van der Waals surface area (Å²) in [6, 6.07) is 5.18. The zero-order valence-electron chi connectivity index (χ0n) is 10.2. The van der Waals surface area contributed by atoms with Crippen molar-refractivity contribution in [3.8, 4) is 0 Å². The average molecular weight is 235 g/mol. The molecule has 1 aliphatic carbocycles. The van der Waals surface area contributed by atoms with Gasteiger partial charge in [0, 0.05) is 13.1 Å². The molecule has 0 amide bonds. The lowest BCUT2D eigenvalue weighted by Gasteiger charge is -2.29. The Bertz CT molecular complexity index is 440. The Balaban J connectivity index is 2.36. The van der Waals surface area contributed by atoms with Crippen molar-refractivity contribution >= 4 is 11.5 Å². The van der Waals surface area contributed by atoms with Crippen LogP contribution in [0.25, 0.3) is 0 Å². The third kappa shape index (κ3) is 2.25. The number of halogens is 1. The molecular formula is C13H18FN3. The number of benzene rings is 1. The molecule has 0 heterocycles. The standard InChI is InChI=1S/C13H18FN3/c1-8(9-6-7-9)17(2)11-5-3-4-10(14)12(11)13(15)16/h3-5,8-9H,6-7H2,1-2H3,(H3,15,16). The van der Waals surface area contributed by atoms with E-state index in [1.807, 2.05) is 18.0 Å². The zero-order chi connectivity index (χ0) is 12.6. The van der Waals surface area contributed by atoms with E-state index in [2.05, 4.69) is 6.92 Å². The molecule has 0 saturated heterocycles. The minimum atomic E-state index is -0.426. The van der Waals surface area contributed by atoms with Crippen LogP contribution in [0, 0.1) is 17.1 Å². The molecule has 0 aliphatic heterocycles. The molecule has 1 saturated carbocycles. The topological polar surface area (TPSA) is 53.1 Å². The van der Waals surface area contributed by atoms with Crippen molar-refractivity contribution in [3.63, 3.8) is 0 Å². The lowest BCUT2D eigenvalue weighted by molar-refractivity contribution is 0.599. The number of amidine groups is 1. The fourth-order valence-corrected chi connectivity index (χ4v) is 2.19. The number of nitrogens with one attached hydrogen (secondary N) is 1. The lowest BCUT2D eigenvalue weighted by atomic mass is 10.1. The van der Waals surface area contributed by atoms with Gasteiger partial charge in [0.15, 0.2) is 0 Å². The molecule has 1 atom stereocenters.